The summed E-state index contributed by atoms with van der Waals surface area (Å²) in [6.07, 6.45) is 0. The van der Waals surface area contributed by atoms with E-state index < -0.39 is 17.8 Å². The summed E-state index contributed by atoms with van der Waals surface area (Å²) in [6.45, 7) is 1.28. The van der Waals surface area contributed by atoms with E-state index in [9.17, 15) is 14.4 Å². The molecule has 8 nitrogen and oxygen atoms in total. The van der Waals surface area contributed by atoms with E-state index in [1.807, 2.05) is 0 Å². The lowest BCUT2D eigenvalue weighted by Gasteiger charge is -2.15. The molecule has 0 fully saturated rings. The molecule has 0 bridgehead atoms. The molecule has 0 spiro atoms. The van der Waals surface area contributed by atoms with Crippen LogP contribution in [-0.4, -0.2) is 32.0 Å². The maximum absolute atomic E-state index is 13.0. The Labute approximate surface area is 185 Å². The van der Waals surface area contributed by atoms with E-state index in [4.69, 9.17) is 14.2 Å². The number of para-hydroxylation sites is 2. The zero-order chi connectivity index (χ0) is 23.1. The molecular weight excluding hydrogens is 412 g/mol. The number of methoxy groups -OCH3 is 2. The number of esters is 1. The van der Waals surface area contributed by atoms with Gasteiger partial charge >= 0.3 is 5.97 Å². The van der Waals surface area contributed by atoms with Crippen molar-refractivity contribution in [2.24, 2.45) is 0 Å². The normalized spacial score (nSPS) is 10.1. The smallest absolute Gasteiger partial charge is 0.308 e. The summed E-state index contributed by atoms with van der Waals surface area (Å²) in [7, 11) is 2.92. The maximum atomic E-state index is 13.0. The Balaban J connectivity index is 1.84. The van der Waals surface area contributed by atoms with Crippen LogP contribution in [0.25, 0.3) is 0 Å². The van der Waals surface area contributed by atoms with Gasteiger partial charge in [-0.2, -0.15) is 0 Å². The number of ether oxygens (including phenoxy) is 3. The molecule has 0 atom stereocenters. The van der Waals surface area contributed by atoms with E-state index in [1.165, 1.54) is 27.2 Å². The molecule has 2 N–H and O–H groups in total. The molecule has 3 rings (SSSR count). The standard InChI is InChI=1S/C24H22N2O6/c1-15(27)32-17-9-6-8-16(14-17)23(28)25-18-10-4-5-11-19(18)26-24(29)22-20(30-2)12-7-13-21(22)31-3/h4-14H,1-3H3,(H,25,28)(H,26,29). The average molecular weight is 434 g/mol. The summed E-state index contributed by atoms with van der Waals surface area (Å²) in [5.74, 6) is -0.415. The summed E-state index contributed by atoms with van der Waals surface area (Å²) in [6, 6.07) is 18.0. The van der Waals surface area contributed by atoms with Crippen LogP contribution in [0.5, 0.6) is 17.2 Å². The average Bonchev–Trinajstić information content (AvgIpc) is 2.79. The van der Waals surface area contributed by atoms with Gasteiger partial charge in [0.15, 0.2) is 0 Å². The van der Waals surface area contributed by atoms with Gasteiger partial charge in [-0.1, -0.05) is 24.3 Å². The van der Waals surface area contributed by atoms with Crippen LogP contribution in [0.2, 0.25) is 0 Å². The van der Waals surface area contributed by atoms with Gasteiger partial charge in [0, 0.05) is 12.5 Å². The van der Waals surface area contributed by atoms with E-state index in [0.717, 1.165) is 0 Å². The lowest BCUT2D eigenvalue weighted by Crippen LogP contribution is -2.18. The fourth-order valence-corrected chi connectivity index (χ4v) is 3.02. The van der Waals surface area contributed by atoms with E-state index in [-0.39, 0.29) is 16.9 Å². The van der Waals surface area contributed by atoms with Crippen molar-refractivity contribution in [3.8, 4) is 17.2 Å². The second-order valence-corrected chi connectivity index (χ2v) is 6.61. The Morgan fingerprint density at radius 2 is 1.28 bits per heavy atom. The molecule has 0 heterocycles. The first-order chi connectivity index (χ1) is 15.4. The summed E-state index contributed by atoms with van der Waals surface area (Å²) in [5.41, 5.74) is 1.29. The lowest BCUT2D eigenvalue weighted by atomic mass is 10.1. The van der Waals surface area contributed by atoms with Crippen molar-refractivity contribution in [3.05, 3.63) is 77.9 Å². The van der Waals surface area contributed by atoms with Crippen LogP contribution in [0.15, 0.2) is 66.7 Å². The molecule has 0 aliphatic rings. The third-order valence-corrected chi connectivity index (χ3v) is 4.44. The molecule has 32 heavy (non-hydrogen) atoms. The lowest BCUT2D eigenvalue weighted by molar-refractivity contribution is -0.131. The third kappa shape index (κ3) is 5.23. The topological polar surface area (TPSA) is 103 Å². The van der Waals surface area contributed by atoms with Gasteiger partial charge in [-0.15, -0.1) is 0 Å². The van der Waals surface area contributed by atoms with Crippen LogP contribution in [0.4, 0.5) is 11.4 Å². The number of hydrogen-bond acceptors (Lipinski definition) is 6. The van der Waals surface area contributed by atoms with Crippen molar-refractivity contribution < 1.29 is 28.6 Å². The molecule has 0 aliphatic carbocycles. The fraction of sp³-hybridized carbons (Fsp3) is 0.125. The molecule has 3 aromatic rings. The first-order valence-corrected chi connectivity index (χ1v) is 9.64. The van der Waals surface area contributed by atoms with Crippen LogP contribution in [0.1, 0.15) is 27.6 Å². The minimum atomic E-state index is -0.484. The van der Waals surface area contributed by atoms with Crippen molar-refractivity contribution in [1.29, 1.82) is 0 Å². The van der Waals surface area contributed by atoms with Crippen molar-refractivity contribution in [2.75, 3.05) is 24.9 Å². The summed E-state index contributed by atoms with van der Waals surface area (Å²) >= 11 is 0. The third-order valence-electron chi connectivity index (χ3n) is 4.44. The van der Waals surface area contributed by atoms with Crippen LogP contribution < -0.4 is 24.8 Å². The number of hydrogen-bond donors (Lipinski definition) is 2. The van der Waals surface area contributed by atoms with Gasteiger partial charge in [0.1, 0.15) is 22.8 Å². The Bertz CT molecular complexity index is 1140. The first-order valence-electron chi connectivity index (χ1n) is 9.64. The van der Waals surface area contributed by atoms with Gasteiger partial charge in [0.25, 0.3) is 11.8 Å². The highest BCUT2D eigenvalue weighted by atomic mass is 16.5. The number of amides is 2. The van der Waals surface area contributed by atoms with Crippen molar-refractivity contribution in [3.63, 3.8) is 0 Å². The largest absolute Gasteiger partial charge is 0.496 e. The van der Waals surface area contributed by atoms with Crippen molar-refractivity contribution >= 4 is 29.2 Å². The predicted octanol–water partition coefficient (Wildman–Crippen LogP) is 4.13. The SMILES string of the molecule is COc1cccc(OC)c1C(=O)Nc1ccccc1NC(=O)c1cccc(OC(C)=O)c1. The maximum Gasteiger partial charge on any atom is 0.308 e. The number of carbonyl (C=O) groups is 3. The second-order valence-electron chi connectivity index (χ2n) is 6.61. The molecule has 3 aromatic carbocycles. The van der Waals surface area contributed by atoms with Crippen LogP contribution >= 0.6 is 0 Å². The zero-order valence-corrected chi connectivity index (χ0v) is 17.8. The van der Waals surface area contributed by atoms with Crippen LogP contribution in [0.3, 0.4) is 0 Å². The highest BCUT2D eigenvalue weighted by molar-refractivity contribution is 6.12. The van der Waals surface area contributed by atoms with Crippen LogP contribution in [0, 0.1) is 0 Å². The number of carbonyl (C=O) groups excluding carboxylic acids is 3. The molecule has 0 radical (unpaired) electrons. The Hall–Kier alpha value is -4.33. The van der Waals surface area contributed by atoms with E-state index in [0.29, 0.717) is 22.9 Å². The second kappa shape index (κ2) is 10.1. The van der Waals surface area contributed by atoms with Gasteiger partial charge in [-0.25, -0.2) is 0 Å². The molecular formula is C24H22N2O6. The highest BCUT2D eigenvalue weighted by Gasteiger charge is 2.20. The first kappa shape index (κ1) is 22.4. The molecule has 0 saturated carbocycles. The molecule has 0 unspecified atom stereocenters. The molecule has 8 heteroatoms. The van der Waals surface area contributed by atoms with Crippen molar-refractivity contribution in [1.82, 2.24) is 0 Å². The van der Waals surface area contributed by atoms with Gasteiger partial charge in [-0.3, -0.25) is 14.4 Å². The van der Waals surface area contributed by atoms with E-state index >= 15 is 0 Å². The number of nitrogens with one attached hydrogen (secondary N) is 2. The predicted molar refractivity (Wildman–Crippen MR) is 120 cm³/mol. The zero-order valence-electron chi connectivity index (χ0n) is 17.8. The summed E-state index contributed by atoms with van der Waals surface area (Å²) in [5, 5.41) is 5.55. The Morgan fingerprint density at radius 3 is 1.84 bits per heavy atom. The number of anilines is 2. The molecule has 0 saturated heterocycles. The van der Waals surface area contributed by atoms with Crippen LogP contribution in [-0.2, 0) is 4.79 Å². The molecule has 2 amide bonds. The van der Waals surface area contributed by atoms with E-state index in [2.05, 4.69) is 10.6 Å². The monoisotopic (exact) mass is 434 g/mol. The fourth-order valence-electron chi connectivity index (χ4n) is 3.02. The number of rotatable bonds is 7. The molecule has 0 aliphatic heterocycles. The minimum Gasteiger partial charge on any atom is -0.496 e. The van der Waals surface area contributed by atoms with Crippen molar-refractivity contribution in [2.45, 2.75) is 6.92 Å². The van der Waals surface area contributed by atoms with E-state index in [1.54, 1.807) is 60.7 Å². The van der Waals surface area contributed by atoms with Gasteiger partial charge in [0.2, 0.25) is 0 Å². The quantitative estimate of drug-likeness (QED) is 0.428. The number of benzene rings is 3. The van der Waals surface area contributed by atoms with Gasteiger partial charge in [-0.05, 0) is 42.5 Å². The molecule has 0 aromatic heterocycles. The summed E-state index contributed by atoms with van der Waals surface area (Å²) in [4.78, 5) is 36.9. The Morgan fingerprint density at radius 1 is 0.719 bits per heavy atom. The highest BCUT2D eigenvalue weighted by Crippen LogP contribution is 2.30. The van der Waals surface area contributed by atoms with Gasteiger partial charge in [0.05, 0.1) is 25.6 Å². The summed E-state index contributed by atoms with van der Waals surface area (Å²) < 4.78 is 15.6. The molecule has 164 valence electrons. The minimum absolute atomic E-state index is 0.229. The van der Waals surface area contributed by atoms with Gasteiger partial charge < -0.3 is 24.8 Å². The Kier molecular flexibility index (Phi) is 7.07.